The maximum Gasteiger partial charge on any atom is 0.311 e. The zero-order valence-corrected chi connectivity index (χ0v) is 11.3. The third-order valence-corrected chi connectivity index (χ3v) is 4.48. The molecule has 5 heteroatoms. The normalized spacial score (nSPS) is 23.8. The van der Waals surface area contributed by atoms with E-state index in [0.29, 0.717) is 26.1 Å². The highest BCUT2D eigenvalue weighted by Gasteiger charge is 2.40. The fourth-order valence-electron chi connectivity index (χ4n) is 2.99. The number of ether oxygens (including phenoxy) is 1. The third-order valence-electron chi connectivity index (χ3n) is 4.48. The molecule has 5 nitrogen and oxygen atoms in total. The molecule has 2 rings (SSSR count). The van der Waals surface area contributed by atoms with Gasteiger partial charge in [-0.1, -0.05) is 19.3 Å². The molecule has 1 aliphatic heterocycles. The third kappa shape index (κ3) is 3.47. The van der Waals surface area contributed by atoms with Crippen LogP contribution in [0.1, 0.15) is 44.9 Å². The molecule has 0 aromatic rings. The molecule has 1 heterocycles. The predicted octanol–water partition coefficient (Wildman–Crippen LogP) is 1.56. The number of nitrogens with one attached hydrogen (secondary N) is 1. The number of carbonyl (C=O) groups excluding carboxylic acids is 1. The van der Waals surface area contributed by atoms with E-state index < -0.39 is 11.4 Å². The van der Waals surface area contributed by atoms with Gasteiger partial charge >= 0.3 is 5.97 Å². The summed E-state index contributed by atoms with van der Waals surface area (Å²) < 4.78 is 5.22. The quantitative estimate of drug-likeness (QED) is 0.812. The van der Waals surface area contributed by atoms with E-state index in [1.165, 1.54) is 6.42 Å². The fourth-order valence-corrected chi connectivity index (χ4v) is 2.99. The SMILES string of the molecule is O=C(NCC1(C(=O)O)CCOCC1)C1CCCCC1. The van der Waals surface area contributed by atoms with E-state index in [9.17, 15) is 14.7 Å². The lowest BCUT2D eigenvalue weighted by atomic mass is 9.80. The molecule has 0 aromatic carbocycles. The van der Waals surface area contributed by atoms with Crippen LogP contribution < -0.4 is 5.32 Å². The Morgan fingerprint density at radius 1 is 1.16 bits per heavy atom. The molecular weight excluding hydrogens is 246 g/mol. The van der Waals surface area contributed by atoms with Gasteiger partial charge in [-0.3, -0.25) is 9.59 Å². The van der Waals surface area contributed by atoms with E-state index in [2.05, 4.69) is 5.32 Å². The van der Waals surface area contributed by atoms with Gasteiger partial charge in [0.15, 0.2) is 0 Å². The van der Waals surface area contributed by atoms with Gasteiger partial charge in [0.2, 0.25) is 5.91 Å². The monoisotopic (exact) mass is 269 g/mol. The van der Waals surface area contributed by atoms with Crippen LogP contribution in [0.2, 0.25) is 0 Å². The Kier molecular flexibility index (Phi) is 4.80. The molecule has 108 valence electrons. The van der Waals surface area contributed by atoms with Crippen molar-refractivity contribution in [3.63, 3.8) is 0 Å². The highest BCUT2D eigenvalue weighted by molar-refractivity contribution is 5.80. The summed E-state index contributed by atoms with van der Waals surface area (Å²) in [4.78, 5) is 23.5. The summed E-state index contributed by atoms with van der Waals surface area (Å²) in [5, 5.41) is 12.3. The minimum Gasteiger partial charge on any atom is -0.481 e. The molecule has 1 amide bonds. The predicted molar refractivity (Wildman–Crippen MR) is 69.7 cm³/mol. The number of hydrogen-bond acceptors (Lipinski definition) is 3. The first-order chi connectivity index (χ1) is 9.14. The fraction of sp³-hybridized carbons (Fsp3) is 0.857. The Balaban J connectivity index is 1.87. The molecule has 0 atom stereocenters. The second-order valence-corrected chi connectivity index (χ2v) is 5.75. The van der Waals surface area contributed by atoms with Gasteiger partial charge in [0, 0.05) is 25.7 Å². The molecular formula is C14H23NO4. The van der Waals surface area contributed by atoms with E-state index in [-0.39, 0.29) is 18.4 Å². The summed E-state index contributed by atoms with van der Waals surface area (Å²) in [6, 6.07) is 0. The van der Waals surface area contributed by atoms with Crippen molar-refractivity contribution >= 4 is 11.9 Å². The van der Waals surface area contributed by atoms with E-state index in [4.69, 9.17) is 4.74 Å². The van der Waals surface area contributed by atoms with E-state index in [0.717, 1.165) is 25.7 Å². The van der Waals surface area contributed by atoms with Crippen molar-refractivity contribution in [2.45, 2.75) is 44.9 Å². The van der Waals surface area contributed by atoms with Crippen LogP contribution in [0.3, 0.4) is 0 Å². The molecule has 19 heavy (non-hydrogen) atoms. The second kappa shape index (κ2) is 6.37. The topological polar surface area (TPSA) is 75.6 Å². The Morgan fingerprint density at radius 3 is 2.37 bits per heavy atom. The number of hydrogen-bond donors (Lipinski definition) is 2. The Hall–Kier alpha value is -1.10. The lowest BCUT2D eigenvalue weighted by Gasteiger charge is -2.33. The standard InChI is InChI=1S/C14H23NO4/c16-12(11-4-2-1-3-5-11)15-10-14(13(17)18)6-8-19-9-7-14/h11H,1-10H2,(H,15,16)(H,17,18). The summed E-state index contributed by atoms with van der Waals surface area (Å²) in [5.41, 5.74) is -0.831. The van der Waals surface area contributed by atoms with Crippen LogP contribution in [0, 0.1) is 11.3 Å². The number of carboxylic acids is 1. The van der Waals surface area contributed by atoms with Crippen LogP contribution in [0.4, 0.5) is 0 Å². The van der Waals surface area contributed by atoms with Crippen molar-refractivity contribution in [1.82, 2.24) is 5.32 Å². The molecule has 2 fully saturated rings. The molecule has 0 unspecified atom stereocenters. The lowest BCUT2D eigenvalue weighted by molar-refractivity contribution is -0.154. The Labute approximate surface area is 113 Å². The summed E-state index contributed by atoms with van der Waals surface area (Å²) in [6.45, 7) is 1.16. The van der Waals surface area contributed by atoms with Gasteiger partial charge in [0.05, 0.1) is 5.41 Å². The van der Waals surface area contributed by atoms with Crippen molar-refractivity contribution in [1.29, 1.82) is 0 Å². The molecule has 0 spiro atoms. The molecule has 0 bridgehead atoms. The van der Waals surface area contributed by atoms with Gasteiger partial charge < -0.3 is 15.2 Å². The van der Waals surface area contributed by atoms with Crippen molar-refractivity contribution < 1.29 is 19.4 Å². The van der Waals surface area contributed by atoms with Gasteiger partial charge in [-0.05, 0) is 25.7 Å². The number of rotatable bonds is 4. The minimum absolute atomic E-state index is 0.0341. The molecule has 2 N–H and O–H groups in total. The van der Waals surface area contributed by atoms with Gasteiger partial charge in [-0.15, -0.1) is 0 Å². The van der Waals surface area contributed by atoms with Crippen LogP contribution in [0.5, 0.6) is 0 Å². The van der Waals surface area contributed by atoms with Gasteiger partial charge in [0.1, 0.15) is 0 Å². The first-order valence-corrected chi connectivity index (χ1v) is 7.23. The zero-order valence-electron chi connectivity index (χ0n) is 11.3. The maximum absolute atomic E-state index is 12.1. The molecule has 0 aromatic heterocycles. The summed E-state index contributed by atoms with van der Waals surface area (Å²) >= 11 is 0. The minimum atomic E-state index is -0.831. The van der Waals surface area contributed by atoms with Crippen LogP contribution in [-0.2, 0) is 14.3 Å². The maximum atomic E-state index is 12.1. The van der Waals surface area contributed by atoms with Gasteiger partial charge in [-0.2, -0.15) is 0 Å². The van der Waals surface area contributed by atoms with Crippen molar-refractivity contribution in [3.05, 3.63) is 0 Å². The summed E-state index contributed by atoms with van der Waals surface area (Å²) in [7, 11) is 0. The van der Waals surface area contributed by atoms with E-state index >= 15 is 0 Å². The van der Waals surface area contributed by atoms with E-state index in [1.807, 2.05) is 0 Å². The van der Waals surface area contributed by atoms with Gasteiger partial charge in [0.25, 0.3) is 0 Å². The summed E-state index contributed by atoms with van der Waals surface area (Å²) in [6.07, 6.45) is 6.26. The van der Waals surface area contributed by atoms with E-state index in [1.54, 1.807) is 0 Å². The second-order valence-electron chi connectivity index (χ2n) is 5.75. The highest BCUT2D eigenvalue weighted by atomic mass is 16.5. The summed E-state index contributed by atoms with van der Waals surface area (Å²) in [5.74, 6) is -0.703. The van der Waals surface area contributed by atoms with Gasteiger partial charge in [-0.25, -0.2) is 0 Å². The smallest absolute Gasteiger partial charge is 0.311 e. The molecule has 2 aliphatic rings. The van der Waals surface area contributed by atoms with Crippen LogP contribution in [0.25, 0.3) is 0 Å². The van der Waals surface area contributed by atoms with Crippen molar-refractivity contribution in [3.8, 4) is 0 Å². The Morgan fingerprint density at radius 2 is 1.79 bits per heavy atom. The number of amides is 1. The van der Waals surface area contributed by atoms with Crippen molar-refractivity contribution in [2.24, 2.45) is 11.3 Å². The zero-order chi connectivity index (χ0) is 13.7. The van der Waals surface area contributed by atoms with Crippen LogP contribution >= 0.6 is 0 Å². The number of carbonyl (C=O) groups is 2. The van der Waals surface area contributed by atoms with Crippen molar-refractivity contribution in [2.75, 3.05) is 19.8 Å². The molecule has 0 radical (unpaired) electrons. The molecule has 1 aliphatic carbocycles. The molecule has 1 saturated heterocycles. The van der Waals surface area contributed by atoms with Crippen LogP contribution in [0.15, 0.2) is 0 Å². The lowest BCUT2D eigenvalue weighted by Crippen LogP contribution is -2.47. The number of aliphatic carboxylic acids is 1. The average molecular weight is 269 g/mol. The average Bonchev–Trinajstić information content (AvgIpc) is 2.46. The first kappa shape index (κ1) is 14.3. The number of carboxylic acid groups (broad SMARTS) is 1. The first-order valence-electron chi connectivity index (χ1n) is 7.23. The Bertz CT molecular complexity index is 330. The highest BCUT2D eigenvalue weighted by Crippen LogP contribution is 2.30. The largest absolute Gasteiger partial charge is 0.481 e. The van der Waals surface area contributed by atoms with Crippen LogP contribution in [-0.4, -0.2) is 36.7 Å². The molecule has 1 saturated carbocycles.